The molecule has 2 rings (SSSR count). The first kappa shape index (κ1) is 12.0. The Kier molecular flexibility index (Phi) is 3.67. The van der Waals surface area contributed by atoms with Gasteiger partial charge in [-0.1, -0.05) is 0 Å². The normalized spacial score (nSPS) is 16.8. The van der Waals surface area contributed by atoms with Crippen LogP contribution in [0.3, 0.4) is 0 Å². The van der Waals surface area contributed by atoms with Crippen LogP contribution in [0.15, 0.2) is 12.1 Å². The first-order chi connectivity index (χ1) is 8.20. The molecule has 0 bridgehead atoms. The molecule has 1 aliphatic heterocycles. The van der Waals surface area contributed by atoms with Crippen LogP contribution in [0, 0.1) is 23.0 Å². The van der Waals surface area contributed by atoms with Crippen LogP contribution >= 0.6 is 0 Å². The van der Waals surface area contributed by atoms with E-state index in [1.54, 1.807) is 6.07 Å². The molecule has 1 saturated heterocycles. The fraction of sp³-hybridized carbons (Fsp3) is 0.417. The number of rotatable bonds is 2. The molecule has 1 heterocycles. The van der Waals surface area contributed by atoms with E-state index in [1.165, 1.54) is 6.07 Å². The molecule has 0 aliphatic carbocycles. The van der Waals surface area contributed by atoms with Crippen molar-refractivity contribution in [3.8, 4) is 6.07 Å². The molecule has 90 valence electrons. The zero-order valence-corrected chi connectivity index (χ0v) is 9.34. The van der Waals surface area contributed by atoms with Gasteiger partial charge in [-0.2, -0.15) is 5.26 Å². The molecule has 0 aromatic heterocycles. The van der Waals surface area contributed by atoms with Crippen molar-refractivity contribution in [2.24, 2.45) is 0 Å². The summed E-state index contributed by atoms with van der Waals surface area (Å²) in [5, 5.41) is 11.9. The average molecular weight is 237 g/mol. The molecular formula is C12H13F2N3. The highest BCUT2D eigenvalue weighted by atomic mass is 19.1. The number of piperazine rings is 1. The minimum Gasteiger partial charge on any atom is -0.314 e. The van der Waals surface area contributed by atoms with E-state index in [0.717, 1.165) is 32.2 Å². The summed E-state index contributed by atoms with van der Waals surface area (Å²) in [7, 11) is 0. The molecule has 17 heavy (non-hydrogen) atoms. The third-order valence-corrected chi connectivity index (χ3v) is 2.86. The molecular weight excluding hydrogens is 224 g/mol. The third kappa shape index (κ3) is 2.78. The summed E-state index contributed by atoms with van der Waals surface area (Å²) in [6.07, 6.45) is 0. The Labute approximate surface area is 98.6 Å². The van der Waals surface area contributed by atoms with E-state index in [1.807, 2.05) is 0 Å². The van der Waals surface area contributed by atoms with Crippen LogP contribution in [0.1, 0.15) is 11.1 Å². The molecule has 1 fully saturated rings. The Bertz CT molecular complexity index is 448. The van der Waals surface area contributed by atoms with Crippen molar-refractivity contribution in [3.63, 3.8) is 0 Å². The molecule has 1 aromatic rings. The van der Waals surface area contributed by atoms with E-state index in [9.17, 15) is 8.78 Å². The maximum Gasteiger partial charge on any atom is 0.143 e. The second kappa shape index (κ2) is 5.21. The minimum atomic E-state index is -0.797. The number of hydrogen-bond donors (Lipinski definition) is 1. The lowest BCUT2D eigenvalue weighted by Crippen LogP contribution is -2.43. The van der Waals surface area contributed by atoms with Crippen LogP contribution in [-0.4, -0.2) is 31.1 Å². The van der Waals surface area contributed by atoms with Gasteiger partial charge in [-0.3, -0.25) is 4.90 Å². The van der Waals surface area contributed by atoms with E-state index >= 15 is 0 Å². The van der Waals surface area contributed by atoms with Gasteiger partial charge in [0.2, 0.25) is 0 Å². The van der Waals surface area contributed by atoms with Gasteiger partial charge in [0.1, 0.15) is 17.7 Å². The maximum atomic E-state index is 13.5. The lowest BCUT2D eigenvalue weighted by Gasteiger charge is -2.27. The summed E-state index contributed by atoms with van der Waals surface area (Å²) < 4.78 is 26.7. The number of benzene rings is 1. The molecule has 1 aliphatic rings. The Balaban J connectivity index is 2.17. The highest BCUT2D eigenvalue weighted by Crippen LogP contribution is 2.16. The molecule has 1 aromatic carbocycles. The average Bonchev–Trinajstić information content (AvgIpc) is 2.34. The van der Waals surface area contributed by atoms with Crippen molar-refractivity contribution in [1.82, 2.24) is 10.2 Å². The Morgan fingerprint density at radius 2 is 1.94 bits per heavy atom. The van der Waals surface area contributed by atoms with Crippen molar-refractivity contribution in [2.45, 2.75) is 6.54 Å². The lowest BCUT2D eigenvalue weighted by molar-refractivity contribution is 0.230. The van der Waals surface area contributed by atoms with Crippen LogP contribution in [-0.2, 0) is 6.54 Å². The van der Waals surface area contributed by atoms with Gasteiger partial charge in [-0.05, 0) is 6.07 Å². The number of halogens is 2. The van der Waals surface area contributed by atoms with Crippen LogP contribution < -0.4 is 5.32 Å². The second-order valence-corrected chi connectivity index (χ2v) is 4.06. The van der Waals surface area contributed by atoms with E-state index in [2.05, 4.69) is 10.2 Å². The molecule has 1 N–H and O–H groups in total. The van der Waals surface area contributed by atoms with Gasteiger partial charge in [0, 0.05) is 44.4 Å². The van der Waals surface area contributed by atoms with Crippen molar-refractivity contribution >= 4 is 0 Å². The maximum absolute atomic E-state index is 13.5. The zero-order chi connectivity index (χ0) is 12.3. The largest absolute Gasteiger partial charge is 0.314 e. The fourth-order valence-electron chi connectivity index (χ4n) is 1.91. The molecule has 5 heteroatoms. The predicted molar refractivity (Wildman–Crippen MR) is 59.2 cm³/mol. The SMILES string of the molecule is N#Cc1cc(CN2CCNCC2)c(F)cc1F. The first-order valence-corrected chi connectivity index (χ1v) is 5.52. The summed E-state index contributed by atoms with van der Waals surface area (Å²) in [6.45, 7) is 3.82. The number of nitrogens with one attached hydrogen (secondary N) is 1. The second-order valence-electron chi connectivity index (χ2n) is 4.06. The van der Waals surface area contributed by atoms with Crippen LogP contribution in [0.4, 0.5) is 8.78 Å². The van der Waals surface area contributed by atoms with Gasteiger partial charge >= 0.3 is 0 Å². The summed E-state index contributed by atoms with van der Waals surface area (Å²) in [4.78, 5) is 2.08. The zero-order valence-electron chi connectivity index (χ0n) is 9.34. The van der Waals surface area contributed by atoms with Crippen molar-refractivity contribution < 1.29 is 8.78 Å². The highest BCUT2D eigenvalue weighted by molar-refractivity contribution is 5.35. The quantitative estimate of drug-likeness (QED) is 0.841. The first-order valence-electron chi connectivity index (χ1n) is 5.52. The number of hydrogen-bond acceptors (Lipinski definition) is 3. The molecule has 0 saturated carbocycles. The summed E-state index contributed by atoms with van der Waals surface area (Å²) in [5.41, 5.74) is 0.279. The van der Waals surface area contributed by atoms with E-state index in [-0.39, 0.29) is 5.56 Å². The minimum absolute atomic E-state index is 0.100. The molecule has 3 nitrogen and oxygen atoms in total. The van der Waals surface area contributed by atoms with E-state index in [4.69, 9.17) is 5.26 Å². The Morgan fingerprint density at radius 1 is 1.24 bits per heavy atom. The predicted octanol–water partition coefficient (Wildman–Crippen LogP) is 1.24. The summed E-state index contributed by atoms with van der Waals surface area (Å²) in [6, 6.07) is 3.81. The van der Waals surface area contributed by atoms with Crippen molar-refractivity contribution in [2.75, 3.05) is 26.2 Å². The van der Waals surface area contributed by atoms with Gasteiger partial charge < -0.3 is 5.32 Å². The Morgan fingerprint density at radius 3 is 2.59 bits per heavy atom. The molecule has 0 radical (unpaired) electrons. The molecule has 0 spiro atoms. The van der Waals surface area contributed by atoms with Gasteiger partial charge in [0.25, 0.3) is 0 Å². The fourth-order valence-corrected chi connectivity index (χ4v) is 1.91. The molecule has 0 unspecified atom stereocenters. The van der Waals surface area contributed by atoms with Crippen LogP contribution in [0.25, 0.3) is 0 Å². The van der Waals surface area contributed by atoms with Crippen molar-refractivity contribution in [1.29, 1.82) is 5.26 Å². The summed E-state index contributed by atoms with van der Waals surface area (Å²) in [5.74, 6) is -1.38. The van der Waals surface area contributed by atoms with Gasteiger partial charge in [0.05, 0.1) is 5.56 Å². The highest BCUT2D eigenvalue weighted by Gasteiger charge is 2.14. The molecule has 0 atom stereocenters. The molecule has 0 amide bonds. The van der Waals surface area contributed by atoms with Gasteiger partial charge in [0.15, 0.2) is 0 Å². The summed E-state index contributed by atoms with van der Waals surface area (Å²) >= 11 is 0. The van der Waals surface area contributed by atoms with Gasteiger partial charge in [-0.25, -0.2) is 8.78 Å². The smallest absolute Gasteiger partial charge is 0.143 e. The van der Waals surface area contributed by atoms with E-state index in [0.29, 0.717) is 12.1 Å². The number of nitrogens with zero attached hydrogens (tertiary/aromatic N) is 2. The lowest BCUT2D eigenvalue weighted by atomic mass is 10.1. The van der Waals surface area contributed by atoms with Crippen molar-refractivity contribution in [3.05, 3.63) is 34.9 Å². The standard InChI is InChI=1S/C12H13F2N3/c13-11-6-12(14)10(5-9(11)7-15)8-17-3-1-16-2-4-17/h5-6,16H,1-4,8H2. The topological polar surface area (TPSA) is 39.1 Å². The van der Waals surface area contributed by atoms with E-state index < -0.39 is 11.6 Å². The third-order valence-electron chi connectivity index (χ3n) is 2.86. The van der Waals surface area contributed by atoms with Gasteiger partial charge in [-0.15, -0.1) is 0 Å². The monoisotopic (exact) mass is 237 g/mol. The Hall–Kier alpha value is -1.51. The number of nitriles is 1. The van der Waals surface area contributed by atoms with Crippen LogP contribution in [0.2, 0.25) is 0 Å². The van der Waals surface area contributed by atoms with Crippen LogP contribution in [0.5, 0.6) is 0 Å².